The molecule has 0 saturated carbocycles. The molecule has 0 fully saturated rings. The summed E-state index contributed by atoms with van der Waals surface area (Å²) in [5, 5.41) is 16.5. The molecule has 0 spiro atoms. The van der Waals surface area contributed by atoms with Crippen LogP contribution in [0, 0.1) is 13.8 Å². The van der Waals surface area contributed by atoms with Crippen LogP contribution in [0.2, 0.25) is 0 Å². The highest BCUT2D eigenvalue weighted by atomic mass is 19.3. The Labute approximate surface area is 154 Å². The lowest BCUT2D eigenvalue weighted by Gasteiger charge is -2.13. The van der Waals surface area contributed by atoms with E-state index in [1.165, 1.54) is 17.2 Å². The molecule has 8 nitrogen and oxygen atoms in total. The van der Waals surface area contributed by atoms with Crippen molar-refractivity contribution in [3.05, 3.63) is 47.5 Å². The fourth-order valence-electron chi connectivity index (χ4n) is 2.52. The van der Waals surface area contributed by atoms with Crippen molar-refractivity contribution in [1.29, 1.82) is 0 Å². The maximum absolute atomic E-state index is 12.8. The van der Waals surface area contributed by atoms with Gasteiger partial charge in [-0.05, 0) is 39.0 Å². The van der Waals surface area contributed by atoms with Crippen LogP contribution in [0.3, 0.4) is 0 Å². The molecule has 0 saturated heterocycles. The zero-order valence-electron chi connectivity index (χ0n) is 15.0. The van der Waals surface area contributed by atoms with E-state index in [9.17, 15) is 8.78 Å². The number of hydrogen-bond acceptors (Lipinski definition) is 6. The van der Waals surface area contributed by atoms with Crippen LogP contribution in [-0.2, 0) is 0 Å². The van der Waals surface area contributed by atoms with E-state index in [0.717, 1.165) is 11.4 Å². The van der Waals surface area contributed by atoms with Gasteiger partial charge in [0.2, 0.25) is 0 Å². The minimum atomic E-state index is -2.99. The van der Waals surface area contributed by atoms with Gasteiger partial charge in [-0.25, -0.2) is 4.68 Å². The fraction of sp³-hybridized carbons (Fsp3) is 0.294. The van der Waals surface area contributed by atoms with E-state index < -0.39 is 6.61 Å². The zero-order valence-corrected chi connectivity index (χ0v) is 15.0. The summed E-state index contributed by atoms with van der Waals surface area (Å²) in [7, 11) is 0. The quantitative estimate of drug-likeness (QED) is 0.593. The molecule has 0 N–H and O–H groups in total. The highest BCUT2D eigenvalue weighted by molar-refractivity contribution is 5.85. The lowest BCUT2D eigenvalue weighted by Crippen LogP contribution is -2.08. The Morgan fingerprint density at radius 3 is 2.78 bits per heavy atom. The van der Waals surface area contributed by atoms with Crippen LogP contribution >= 0.6 is 0 Å². The standard InChI is InChI=1S/C17H18F2N6O2/c1-4-26-14-7-5-6-13(15(14)27-16(18)19)9-21-24-10-20-22-17(24)25-12(3)8-11(2)23-25/h5-10,16H,4H2,1-3H3/b21-9-. The largest absolute Gasteiger partial charge is 0.490 e. The van der Waals surface area contributed by atoms with Crippen molar-refractivity contribution in [2.75, 3.05) is 6.61 Å². The lowest BCUT2D eigenvalue weighted by atomic mass is 10.2. The summed E-state index contributed by atoms with van der Waals surface area (Å²) in [6.45, 7) is 2.82. The third-order valence-corrected chi connectivity index (χ3v) is 3.55. The van der Waals surface area contributed by atoms with Crippen LogP contribution < -0.4 is 9.47 Å². The summed E-state index contributed by atoms with van der Waals surface area (Å²) in [5.74, 6) is 0.497. The second kappa shape index (κ2) is 7.94. The highest BCUT2D eigenvalue weighted by Crippen LogP contribution is 2.31. The molecule has 2 heterocycles. The van der Waals surface area contributed by atoms with E-state index in [1.54, 1.807) is 29.8 Å². The molecular weight excluding hydrogens is 358 g/mol. The molecule has 0 atom stereocenters. The molecule has 0 aliphatic heterocycles. The third kappa shape index (κ3) is 4.10. The number of alkyl halides is 2. The molecule has 3 rings (SSSR count). The Morgan fingerprint density at radius 1 is 1.30 bits per heavy atom. The van der Waals surface area contributed by atoms with E-state index >= 15 is 0 Å². The van der Waals surface area contributed by atoms with Gasteiger partial charge in [-0.1, -0.05) is 6.07 Å². The first-order valence-electron chi connectivity index (χ1n) is 8.18. The summed E-state index contributed by atoms with van der Waals surface area (Å²) in [5.41, 5.74) is 2.01. The monoisotopic (exact) mass is 376 g/mol. The second-order valence-corrected chi connectivity index (χ2v) is 5.54. The Morgan fingerprint density at radius 2 is 2.11 bits per heavy atom. The molecule has 142 valence electrons. The Kier molecular flexibility index (Phi) is 5.43. The summed E-state index contributed by atoms with van der Waals surface area (Å²) in [4.78, 5) is 0. The molecule has 0 radical (unpaired) electrons. The van der Waals surface area contributed by atoms with Gasteiger partial charge in [-0.2, -0.15) is 23.7 Å². The van der Waals surface area contributed by atoms with E-state index in [4.69, 9.17) is 4.74 Å². The predicted molar refractivity (Wildman–Crippen MR) is 93.9 cm³/mol. The Balaban J connectivity index is 1.97. The number of nitrogens with zero attached hydrogens (tertiary/aromatic N) is 6. The van der Waals surface area contributed by atoms with Gasteiger partial charge in [-0.3, -0.25) is 0 Å². The number of para-hydroxylation sites is 1. The summed E-state index contributed by atoms with van der Waals surface area (Å²) >= 11 is 0. The van der Waals surface area contributed by atoms with Crippen molar-refractivity contribution in [2.45, 2.75) is 27.4 Å². The van der Waals surface area contributed by atoms with Gasteiger partial charge in [0.25, 0.3) is 5.95 Å². The van der Waals surface area contributed by atoms with Crippen LogP contribution in [-0.4, -0.2) is 44.1 Å². The first-order chi connectivity index (χ1) is 13.0. The summed E-state index contributed by atoms with van der Waals surface area (Å²) in [6.07, 6.45) is 2.76. The van der Waals surface area contributed by atoms with Crippen LogP contribution in [0.1, 0.15) is 23.9 Å². The molecule has 0 unspecified atom stereocenters. The van der Waals surface area contributed by atoms with Crippen molar-refractivity contribution in [2.24, 2.45) is 5.10 Å². The van der Waals surface area contributed by atoms with Gasteiger partial charge in [-0.15, -0.1) is 10.2 Å². The third-order valence-electron chi connectivity index (χ3n) is 3.55. The van der Waals surface area contributed by atoms with Crippen LogP contribution in [0.5, 0.6) is 11.5 Å². The first kappa shape index (κ1) is 18.5. The summed E-state index contributed by atoms with van der Waals surface area (Å²) in [6, 6.07) is 6.71. The number of ether oxygens (including phenoxy) is 2. The minimum absolute atomic E-state index is 0.0844. The topological polar surface area (TPSA) is 79.4 Å². The molecule has 27 heavy (non-hydrogen) atoms. The van der Waals surface area contributed by atoms with E-state index in [0.29, 0.717) is 18.1 Å². The lowest BCUT2D eigenvalue weighted by molar-refractivity contribution is -0.0515. The van der Waals surface area contributed by atoms with Gasteiger partial charge in [0.15, 0.2) is 11.5 Å². The number of aromatic nitrogens is 5. The van der Waals surface area contributed by atoms with Crippen LogP contribution in [0.15, 0.2) is 35.7 Å². The predicted octanol–water partition coefficient (Wildman–Crippen LogP) is 2.96. The molecule has 1 aromatic carbocycles. The second-order valence-electron chi connectivity index (χ2n) is 5.54. The smallest absolute Gasteiger partial charge is 0.387 e. The number of rotatable bonds is 7. The molecule has 0 aliphatic carbocycles. The molecule has 0 bridgehead atoms. The SMILES string of the molecule is CCOc1cccc(/C=N\n2cnnc2-n2nc(C)cc2C)c1OC(F)F. The van der Waals surface area contributed by atoms with E-state index in [-0.39, 0.29) is 11.5 Å². The number of hydrogen-bond donors (Lipinski definition) is 0. The summed E-state index contributed by atoms with van der Waals surface area (Å²) < 4.78 is 38.6. The van der Waals surface area contributed by atoms with E-state index in [1.807, 2.05) is 19.9 Å². The minimum Gasteiger partial charge on any atom is -0.490 e. The molecule has 0 aliphatic rings. The molecule has 10 heteroatoms. The number of aryl methyl sites for hydroxylation is 2. The zero-order chi connectivity index (χ0) is 19.4. The number of benzene rings is 1. The Hall–Kier alpha value is -3.30. The normalized spacial score (nSPS) is 11.5. The van der Waals surface area contributed by atoms with Gasteiger partial charge < -0.3 is 9.47 Å². The maximum Gasteiger partial charge on any atom is 0.387 e. The molecular formula is C17H18F2N6O2. The van der Waals surface area contributed by atoms with Gasteiger partial charge in [0.05, 0.1) is 18.5 Å². The van der Waals surface area contributed by atoms with E-state index in [2.05, 4.69) is 25.1 Å². The average molecular weight is 376 g/mol. The van der Waals surface area contributed by atoms with Crippen LogP contribution in [0.4, 0.5) is 8.78 Å². The number of halogens is 2. The first-order valence-corrected chi connectivity index (χ1v) is 8.18. The van der Waals surface area contributed by atoms with Gasteiger partial charge >= 0.3 is 6.61 Å². The molecule has 0 amide bonds. The van der Waals surface area contributed by atoms with Crippen LogP contribution in [0.25, 0.3) is 5.95 Å². The van der Waals surface area contributed by atoms with Crippen molar-refractivity contribution in [1.82, 2.24) is 24.7 Å². The average Bonchev–Trinajstić information content (AvgIpc) is 3.20. The van der Waals surface area contributed by atoms with Gasteiger partial charge in [0.1, 0.15) is 6.33 Å². The van der Waals surface area contributed by atoms with Crippen molar-refractivity contribution >= 4 is 6.21 Å². The van der Waals surface area contributed by atoms with Crippen molar-refractivity contribution in [3.8, 4) is 17.4 Å². The fourth-order valence-corrected chi connectivity index (χ4v) is 2.52. The molecule has 3 aromatic rings. The maximum atomic E-state index is 12.8. The Bertz CT molecular complexity index is 951. The molecule has 2 aromatic heterocycles. The van der Waals surface area contributed by atoms with Crippen molar-refractivity contribution in [3.63, 3.8) is 0 Å². The van der Waals surface area contributed by atoms with Crippen molar-refractivity contribution < 1.29 is 18.3 Å². The van der Waals surface area contributed by atoms with Gasteiger partial charge in [0, 0.05) is 11.3 Å². The highest BCUT2D eigenvalue weighted by Gasteiger charge is 2.15.